The first-order chi connectivity index (χ1) is 7.13. The number of benzene rings is 1. The second kappa shape index (κ2) is 3.38. The third-order valence-electron chi connectivity index (χ3n) is 2.55. The molecule has 78 valence electrons. The second-order valence-corrected chi connectivity index (χ2v) is 3.50. The van der Waals surface area contributed by atoms with Gasteiger partial charge in [-0.15, -0.1) is 0 Å². The van der Waals surface area contributed by atoms with E-state index in [2.05, 4.69) is 9.97 Å². The zero-order valence-corrected chi connectivity index (χ0v) is 8.92. The Bertz CT molecular complexity index is 573. The zero-order chi connectivity index (χ0) is 11.0. The number of methoxy groups -OCH3 is 1. The van der Waals surface area contributed by atoms with Crippen LogP contribution in [0.15, 0.2) is 17.1 Å². The van der Waals surface area contributed by atoms with Crippen molar-refractivity contribution >= 4 is 10.9 Å². The molecule has 1 aromatic heterocycles. The lowest BCUT2D eigenvalue weighted by atomic mass is 10.1. The Hall–Kier alpha value is -1.84. The summed E-state index contributed by atoms with van der Waals surface area (Å²) in [5.41, 5.74) is 2.47. The molecule has 0 amide bonds. The molecule has 0 radical (unpaired) electrons. The van der Waals surface area contributed by atoms with Crippen LogP contribution in [0.5, 0.6) is 5.75 Å². The van der Waals surface area contributed by atoms with Crippen LogP contribution in [0.25, 0.3) is 10.9 Å². The van der Waals surface area contributed by atoms with Crippen molar-refractivity contribution in [2.45, 2.75) is 13.8 Å². The van der Waals surface area contributed by atoms with Gasteiger partial charge in [-0.1, -0.05) is 0 Å². The maximum absolute atomic E-state index is 11.1. The zero-order valence-electron chi connectivity index (χ0n) is 8.92. The molecule has 0 fully saturated rings. The van der Waals surface area contributed by atoms with Gasteiger partial charge in [0.2, 0.25) is 0 Å². The number of hydrogen-bond acceptors (Lipinski definition) is 3. The number of ether oxygens (including phenoxy) is 1. The van der Waals surface area contributed by atoms with Crippen LogP contribution < -0.4 is 10.4 Å². The van der Waals surface area contributed by atoms with E-state index in [0.717, 1.165) is 27.8 Å². The number of nitrogens with one attached hydrogen (secondary N) is 1. The molecule has 0 aliphatic carbocycles. The predicted octanol–water partition coefficient (Wildman–Crippen LogP) is 1.55. The van der Waals surface area contributed by atoms with Crippen LogP contribution in [-0.2, 0) is 0 Å². The minimum absolute atomic E-state index is 0.324. The lowest BCUT2D eigenvalue weighted by molar-refractivity contribution is 0.412. The van der Waals surface area contributed by atoms with Crippen molar-refractivity contribution in [2.24, 2.45) is 0 Å². The van der Waals surface area contributed by atoms with Crippen molar-refractivity contribution in [1.82, 2.24) is 9.97 Å². The minimum Gasteiger partial charge on any atom is -0.496 e. The molecule has 0 bridgehead atoms. The van der Waals surface area contributed by atoms with Gasteiger partial charge in [-0.25, -0.2) is 9.78 Å². The van der Waals surface area contributed by atoms with Gasteiger partial charge in [-0.05, 0) is 25.5 Å². The fourth-order valence-electron chi connectivity index (χ4n) is 1.71. The fraction of sp³-hybridized carbons (Fsp3) is 0.273. The van der Waals surface area contributed by atoms with E-state index in [1.165, 1.54) is 0 Å². The van der Waals surface area contributed by atoms with Gasteiger partial charge in [0, 0.05) is 17.1 Å². The van der Waals surface area contributed by atoms with Crippen molar-refractivity contribution in [1.29, 1.82) is 0 Å². The molecule has 0 atom stereocenters. The lowest BCUT2D eigenvalue weighted by Gasteiger charge is -2.09. The summed E-state index contributed by atoms with van der Waals surface area (Å²) in [5, 5.41) is 0.923. The summed E-state index contributed by atoms with van der Waals surface area (Å²) in [6.07, 6.45) is 1.58. The van der Waals surface area contributed by atoms with Crippen molar-refractivity contribution < 1.29 is 4.74 Å². The van der Waals surface area contributed by atoms with Gasteiger partial charge in [-0.3, -0.25) is 0 Å². The Morgan fingerprint density at radius 2 is 2.13 bits per heavy atom. The lowest BCUT2D eigenvalue weighted by Crippen LogP contribution is -2.10. The van der Waals surface area contributed by atoms with Crippen LogP contribution in [0, 0.1) is 13.8 Å². The van der Waals surface area contributed by atoms with Gasteiger partial charge in [0.1, 0.15) is 5.75 Å². The van der Waals surface area contributed by atoms with E-state index >= 15 is 0 Å². The summed E-state index contributed by atoms with van der Waals surface area (Å²) in [5.74, 6) is 0.814. The Labute approximate surface area is 86.9 Å². The average Bonchev–Trinajstić information content (AvgIpc) is 2.23. The molecule has 0 aliphatic rings. The first-order valence-corrected chi connectivity index (χ1v) is 4.66. The number of H-pyrrole nitrogens is 1. The van der Waals surface area contributed by atoms with E-state index in [0.29, 0.717) is 0 Å². The highest BCUT2D eigenvalue weighted by Crippen LogP contribution is 2.27. The molecule has 0 saturated heterocycles. The number of fused-ring (bicyclic) bond motifs is 1. The fourth-order valence-corrected chi connectivity index (χ4v) is 1.71. The molecule has 1 aromatic carbocycles. The highest BCUT2D eigenvalue weighted by molar-refractivity contribution is 5.86. The van der Waals surface area contributed by atoms with Crippen molar-refractivity contribution in [3.8, 4) is 5.75 Å². The Morgan fingerprint density at radius 1 is 1.40 bits per heavy atom. The molecule has 0 spiro atoms. The predicted molar refractivity (Wildman–Crippen MR) is 58.4 cm³/mol. The second-order valence-electron chi connectivity index (χ2n) is 3.50. The summed E-state index contributed by atoms with van der Waals surface area (Å²) < 4.78 is 5.24. The molecule has 0 unspecified atom stereocenters. The first kappa shape index (κ1) is 9.71. The van der Waals surface area contributed by atoms with Crippen LogP contribution in [0.4, 0.5) is 0 Å². The van der Waals surface area contributed by atoms with E-state index in [9.17, 15) is 4.79 Å². The Balaban J connectivity index is 2.93. The van der Waals surface area contributed by atoms with Gasteiger partial charge in [0.25, 0.3) is 0 Å². The largest absolute Gasteiger partial charge is 0.496 e. The quantitative estimate of drug-likeness (QED) is 0.766. The number of rotatable bonds is 1. The molecular weight excluding hydrogens is 192 g/mol. The van der Waals surface area contributed by atoms with E-state index < -0.39 is 0 Å². The molecule has 15 heavy (non-hydrogen) atoms. The third-order valence-corrected chi connectivity index (χ3v) is 2.55. The first-order valence-electron chi connectivity index (χ1n) is 4.66. The highest BCUT2D eigenvalue weighted by Gasteiger charge is 2.07. The monoisotopic (exact) mass is 204 g/mol. The number of aromatic nitrogens is 2. The van der Waals surface area contributed by atoms with Crippen LogP contribution in [-0.4, -0.2) is 17.1 Å². The minimum atomic E-state index is -0.324. The van der Waals surface area contributed by atoms with Crippen LogP contribution in [0.2, 0.25) is 0 Å². The van der Waals surface area contributed by atoms with E-state index in [1.807, 2.05) is 19.9 Å². The summed E-state index contributed by atoms with van der Waals surface area (Å²) in [7, 11) is 1.63. The summed E-state index contributed by atoms with van der Waals surface area (Å²) in [6.45, 7) is 3.88. The third kappa shape index (κ3) is 1.48. The normalized spacial score (nSPS) is 10.6. The van der Waals surface area contributed by atoms with Gasteiger partial charge in [0.05, 0.1) is 12.6 Å². The topological polar surface area (TPSA) is 55.0 Å². The molecule has 1 N–H and O–H groups in total. The van der Waals surface area contributed by atoms with Crippen LogP contribution >= 0.6 is 0 Å². The number of nitrogens with zero attached hydrogens (tertiary/aromatic N) is 1. The number of hydrogen-bond donors (Lipinski definition) is 1. The van der Waals surface area contributed by atoms with Gasteiger partial charge in [-0.2, -0.15) is 0 Å². The maximum Gasteiger partial charge on any atom is 0.345 e. The van der Waals surface area contributed by atoms with E-state index in [1.54, 1.807) is 13.3 Å². The molecular formula is C11H12N2O2. The SMILES string of the molecule is COc1cc(C)c2[nH]c(=O)ncc2c1C. The van der Waals surface area contributed by atoms with E-state index in [4.69, 9.17) is 4.74 Å². The summed E-state index contributed by atoms with van der Waals surface area (Å²) >= 11 is 0. The van der Waals surface area contributed by atoms with E-state index in [-0.39, 0.29) is 5.69 Å². The molecule has 0 saturated carbocycles. The molecule has 0 aliphatic heterocycles. The average molecular weight is 204 g/mol. The van der Waals surface area contributed by atoms with Gasteiger partial charge < -0.3 is 9.72 Å². The van der Waals surface area contributed by atoms with Crippen molar-refractivity contribution in [2.75, 3.05) is 7.11 Å². The number of aryl methyl sites for hydroxylation is 2. The van der Waals surface area contributed by atoms with Crippen molar-refractivity contribution in [3.63, 3.8) is 0 Å². The molecule has 1 heterocycles. The summed E-state index contributed by atoms with van der Waals surface area (Å²) in [4.78, 5) is 17.5. The molecule has 2 rings (SSSR count). The van der Waals surface area contributed by atoms with Gasteiger partial charge in [0.15, 0.2) is 0 Å². The Kier molecular flexibility index (Phi) is 2.19. The smallest absolute Gasteiger partial charge is 0.345 e. The molecule has 4 nitrogen and oxygen atoms in total. The molecule has 4 heteroatoms. The standard InChI is InChI=1S/C11H12N2O2/c1-6-4-9(15-3)7(2)8-5-12-11(14)13-10(6)8/h4-5H,1-3H3,(H,12,13,14). The van der Waals surface area contributed by atoms with Crippen molar-refractivity contribution in [3.05, 3.63) is 33.9 Å². The van der Waals surface area contributed by atoms with Crippen LogP contribution in [0.3, 0.4) is 0 Å². The Morgan fingerprint density at radius 3 is 2.80 bits per heavy atom. The number of aromatic amines is 1. The maximum atomic E-state index is 11.1. The van der Waals surface area contributed by atoms with Gasteiger partial charge >= 0.3 is 5.69 Å². The van der Waals surface area contributed by atoms with Crippen LogP contribution in [0.1, 0.15) is 11.1 Å². The summed E-state index contributed by atoms with van der Waals surface area (Å²) in [6, 6.07) is 1.91. The highest BCUT2D eigenvalue weighted by atomic mass is 16.5. The molecule has 2 aromatic rings.